The molecular formula is C30H22F8N4O2. The Labute approximate surface area is 244 Å². The third kappa shape index (κ3) is 6.19. The van der Waals surface area contributed by atoms with Gasteiger partial charge in [-0.25, -0.2) is 13.2 Å². The standard InChI is InChI=1S/C30H22F8N4O2/c31-18-9-15(10-19(32)13-18)8-17(25-21(2-1-7-40-25)16-3-4-24(33)23(12-16)28(39)44)11-20(43)14-42-27-22(5-6-29(27,34)35)26(41-42)30(36,37)38/h1-4,7,9-10,12-13,17H,5-6,8,11,14H2,(H2,39,44)/t17-/m1/s1. The molecule has 2 aromatic heterocycles. The second-order valence-corrected chi connectivity index (χ2v) is 10.5. The number of benzene rings is 2. The number of rotatable bonds is 9. The van der Waals surface area contributed by atoms with Crippen LogP contribution in [0.5, 0.6) is 0 Å². The Morgan fingerprint density at radius 1 is 1.02 bits per heavy atom. The number of carbonyl (C=O) groups is 2. The number of nitrogens with two attached hydrogens (primary N) is 1. The van der Waals surface area contributed by atoms with E-state index in [0.29, 0.717) is 10.7 Å². The van der Waals surface area contributed by atoms with Crippen LogP contribution in [-0.2, 0) is 36.3 Å². The van der Waals surface area contributed by atoms with Crippen molar-refractivity contribution >= 4 is 11.7 Å². The van der Waals surface area contributed by atoms with Crippen LogP contribution in [0.15, 0.2) is 54.7 Å². The van der Waals surface area contributed by atoms with E-state index in [-0.39, 0.29) is 28.8 Å². The highest BCUT2D eigenvalue weighted by Crippen LogP contribution is 2.46. The number of hydrogen-bond donors (Lipinski definition) is 1. The summed E-state index contributed by atoms with van der Waals surface area (Å²) in [6.07, 6.45) is -5.85. The molecule has 1 atom stereocenters. The number of Topliss-reactive ketones (excluding diaryl/α,β-unsaturated/α-hetero) is 1. The Bertz CT molecular complexity index is 1750. The highest BCUT2D eigenvalue weighted by molar-refractivity contribution is 5.94. The summed E-state index contributed by atoms with van der Waals surface area (Å²) in [5.41, 5.74) is 2.49. The molecule has 0 fully saturated rings. The molecule has 1 aliphatic rings. The maximum atomic E-state index is 14.6. The first kappa shape index (κ1) is 30.8. The second-order valence-electron chi connectivity index (χ2n) is 10.5. The van der Waals surface area contributed by atoms with Gasteiger partial charge in [0.25, 0.3) is 11.8 Å². The summed E-state index contributed by atoms with van der Waals surface area (Å²) in [6, 6.07) is 9.16. The molecule has 1 aliphatic carbocycles. The van der Waals surface area contributed by atoms with Crippen LogP contribution in [0.4, 0.5) is 35.1 Å². The van der Waals surface area contributed by atoms with E-state index in [1.807, 2.05) is 0 Å². The minimum absolute atomic E-state index is 0.0970. The van der Waals surface area contributed by atoms with Crippen molar-refractivity contribution in [3.8, 4) is 11.1 Å². The minimum Gasteiger partial charge on any atom is -0.366 e. The van der Waals surface area contributed by atoms with Gasteiger partial charge in [0.05, 0.1) is 11.3 Å². The number of nitrogens with zero attached hydrogens (tertiary/aromatic N) is 3. The van der Waals surface area contributed by atoms with Gasteiger partial charge in [0, 0.05) is 42.1 Å². The monoisotopic (exact) mass is 622 g/mol. The number of hydrogen-bond acceptors (Lipinski definition) is 4. The molecule has 4 aromatic rings. The van der Waals surface area contributed by atoms with Crippen LogP contribution in [0.25, 0.3) is 11.1 Å². The average molecular weight is 623 g/mol. The van der Waals surface area contributed by atoms with Gasteiger partial charge in [-0.15, -0.1) is 0 Å². The summed E-state index contributed by atoms with van der Waals surface area (Å²) < 4.78 is 113. The van der Waals surface area contributed by atoms with Gasteiger partial charge < -0.3 is 5.73 Å². The maximum Gasteiger partial charge on any atom is 0.435 e. The molecule has 0 saturated carbocycles. The van der Waals surface area contributed by atoms with Crippen LogP contribution in [0.1, 0.15) is 57.3 Å². The molecule has 230 valence electrons. The summed E-state index contributed by atoms with van der Waals surface area (Å²) in [6.45, 7) is -0.938. The van der Waals surface area contributed by atoms with Crippen LogP contribution in [-0.4, -0.2) is 26.5 Å². The van der Waals surface area contributed by atoms with Gasteiger partial charge in [-0.2, -0.15) is 27.1 Å². The van der Waals surface area contributed by atoms with Crippen LogP contribution in [0.2, 0.25) is 0 Å². The molecule has 0 saturated heterocycles. The number of ketones is 1. The van der Waals surface area contributed by atoms with Crippen molar-refractivity contribution < 1.29 is 44.7 Å². The van der Waals surface area contributed by atoms with E-state index in [0.717, 1.165) is 24.3 Å². The highest BCUT2D eigenvalue weighted by atomic mass is 19.4. The maximum absolute atomic E-state index is 14.6. The van der Waals surface area contributed by atoms with E-state index >= 15 is 0 Å². The van der Waals surface area contributed by atoms with Gasteiger partial charge in [-0.05, 0) is 54.3 Å². The third-order valence-corrected chi connectivity index (χ3v) is 7.33. The molecule has 1 amide bonds. The number of pyridine rings is 1. The number of fused-ring (bicyclic) bond motifs is 1. The number of primary amides is 1. The van der Waals surface area contributed by atoms with Crippen molar-refractivity contribution in [3.63, 3.8) is 0 Å². The van der Waals surface area contributed by atoms with Gasteiger partial charge in [-0.1, -0.05) is 12.1 Å². The number of carbonyl (C=O) groups excluding carboxylic acids is 2. The number of aromatic nitrogens is 3. The first-order valence-corrected chi connectivity index (χ1v) is 13.2. The molecule has 2 N–H and O–H groups in total. The molecule has 0 bridgehead atoms. The fraction of sp³-hybridized carbons (Fsp3) is 0.267. The molecule has 6 nitrogen and oxygen atoms in total. The molecule has 0 radical (unpaired) electrons. The summed E-state index contributed by atoms with van der Waals surface area (Å²) in [7, 11) is 0. The lowest BCUT2D eigenvalue weighted by Gasteiger charge is -2.20. The van der Waals surface area contributed by atoms with E-state index in [1.165, 1.54) is 24.4 Å². The predicted octanol–water partition coefficient (Wildman–Crippen LogP) is 6.50. The highest BCUT2D eigenvalue weighted by Gasteiger charge is 2.50. The van der Waals surface area contributed by atoms with Crippen molar-refractivity contribution in [2.75, 3.05) is 0 Å². The van der Waals surface area contributed by atoms with Crippen LogP contribution in [0, 0.1) is 17.5 Å². The summed E-state index contributed by atoms with van der Waals surface area (Å²) >= 11 is 0. The average Bonchev–Trinajstić information content (AvgIpc) is 3.45. The quantitative estimate of drug-likeness (QED) is 0.216. The predicted molar refractivity (Wildman–Crippen MR) is 140 cm³/mol. The van der Waals surface area contributed by atoms with Crippen LogP contribution in [0.3, 0.4) is 0 Å². The van der Waals surface area contributed by atoms with Crippen LogP contribution < -0.4 is 5.73 Å². The molecule has 14 heteroatoms. The molecule has 5 rings (SSSR count). The van der Waals surface area contributed by atoms with Gasteiger partial charge in [0.1, 0.15) is 29.7 Å². The first-order chi connectivity index (χ1) is 20.6. The smallest absolute Gasteiger partial charge is 0.366 e. The lowest BCUT2D eigenvalue weighted by Crippen LogP contribution is -2.22. The first-order valence-electron chi connectivity index (χ1n) is 13.2. The van der Waals surface area contributed by atoms with Crippen molar-refractivity contribution in [3.05, 3.63) is 106 Å². The Balaban J connectivity index is 1.55. The van der Waals surface area contributed by atoms with Crippen molar-refractivity contribution in [1.29, 1.82) is 0 Å². The summed E-state index contributed by atoms with van der Waals surface area (Å²) in [4.78, 5) is 29.4. The number of halogens is 8. The molecule has 2 aromatic carbocycles. The SMILES string of the molecule is NC(=O)c1cc(-c2cccnc2[C@@H](CC(=O)Cn2nc(C(F)(F)F)c3c2C(F)(F)CC3)Cc2cc(F)cc(F)c2)ccc1F. The van der Waals surface area contributed by atoms with E-state index in [9.17, 15) is 44.7 Å². The van der Waals surface area contributed by atoms with Crippen molar-refractivity contribution in [2.24, 2.45) is 5.73 Å². The molecule has 2 heterocycles. The largest absolute Gasteiger partial charge is 0.435 e. The fourth-order valence-electron chi connectivity index (χ4n) is 5.54. The van der Waals surface area contributed by atoms with Gasteiger partial charge >= 0.3 is 6.18 Å². The summed E-state index contributed by atoms with van der Waals surface area (Å²) in [5.74, 6) is -9.24. The Morgan fingerprint density at radius 3 is 2.39 bits per heavy atom. The topological polar surface area (TPSA) is 90.9 Å². The van der Waals surface area contributed by atoms with Gasteiger partial charge in [0.15, 0.2) is 11.5 Å². The Hall–Kier alpha value is -4.62. The third-order valence-electron chi connectivity index (χ3n) is 7.33. The van der Waals surface area contributed by atoms with E-state index in [1.54, 1.807) is 0 Å². The lowest BCUT2D eigenvalue weighted by atomic mass is 9.86. The number of amides is 1. The van der Waals surface area contributed by atoms with Crippen molar-refractivity contribution in [1.82, 2.24) is 14.8 Å². The Kier molecular flexibility index (Phi) is 8.03. The van der Waals surface area contributed by atoms with E-state index in [4.69, 9.17) is 5.73 Å². The van der Waals surface area contributed by atoms with E-state index in [2.05, 4.69) is 10.1 Å². The zero-order valence-electron chi connectivity index (χ0n) is 22.6. The molecule has 44 heavy (non-hydrogen) atoms. The lowest BCUT2D eigenvalue weighted by molar-refractivity contribution is -0.142. The molecule has 0 aliphatic heterocycles. The van der Waals surface area contributed by atoms with Gasteiger partial charge in [-0.3, -0.25) is 19.3 Å². The Morgan fingerprint density at radius 2 is 1.73 bits per heavy atom. The van der Waals surface area contributed by atoms with Gasteiger partial charge in [0.2, 0.25) is 0 Å². The van der Waals surface area contributed by atoms with Crippen LogP contribution >= 0.6 is 0 Å². The second kappa shape index (κ2) is 11.5. The molecule has 0 spiro atoms. The van der Waals surface area contributed by atoms with E-state index < -0.39 is 95.5 Å². The zero-order chi connectivity index (χ0) is 32.0. The minimum atomic E-state index is -5.02. The molecular weight excluding hydrogens is 600 g/mol. The zero-order valence-corrected chi connectivity index (χ0v) is 22.6. The van der Waals surface area contributed by atoms with Crippen molar-refractivity contribution in [2.45, 2.75) is 50.2 Å². The summed E-state index contributed by atoms with van der Waals surface area (Å²) in [5, 5.41) is 3.32. The number of alkyl halides is 5. The molecule has 0 unspecified atom stereocenters. The normalized spacial score (nSPS) is 14.8. The fourth-order valence-corrected chi connectivity index (χ4v) is 5.54.